The van der Waals surface area contributed by atoms with E-state index in [1.54, 1.807) is 6.33 Å². The minimum Gasteiger partial charge on any atom is -0.394 e. The predicted molar refractivity (Wildman–Crippen MR) is 86.6 cm³/mol. The summed E-state index contributed by atoms with van der Waals surface area (Å²) in [5.74, 6) is 2.36. The SMILES string of the molecule is CCCNc1ncnc(NC2(CO)CCCC(C)C2)c1C. The molecule has 0 amide bonds. The highest BCUT2D eigenvalue weighted by atomic mass is 16.3. The van der Waals surface area contributed by atoms with Crippen molar-refractivity contribution in [2.75, 3.05) is 23.8 Å². The highest BCUT2D eigenvalue weighted by Crippen LogP contribution is 2.35. The van der Waals surface area contributed by atoms with E-state index in [0.717, 1.165) is 49.4 Å². The van der Waals surface area contributed by atoms with Crippen LogP contribution in [0.25, 0.3) is 0 Å². The summed E-state index contributed by atoms with van der Waals surface area (Å²) in [6, 6.07) is 0. The number of aliphatic hydroxyl groups is 1. The number of aromatic nitrogens is 2. The molecule has 0 saturated heterocycles. The van der Waals surface area contributed by atoms with Gasteiger partial charge in [-0.05, 0) is 32.1 Å². The molecule has 2 unspecified atom stereocenters. The molecular formula is C16H28N4O. The van der Waals surface area contributed by atoms with Crippen LogP contribution in [0.15, 0.2) is 6.33 Å². The second-order valence-electron chi connectivity index (χ2n) is 6.39. The summed E-state index contributed by atoms with van der Waals surface area (Å²) in [4.78, 5) is 8.69. The summed E-state index contributed by atoms with van der Waals surface area (Å²) in [6.07, 6.45) is 7.03. The largest absolute Gasteiger partial charge is 0.394 e. The lowest BCUT2D eigenvalue weighted by Gasteiger charge is -2.40. The van der Waals surface area contributed by atoms with Gasteiger partial charge in [-0.3, -0.25) is 0 Å². The first-order valence-electron chi connectivity index (χ1n) is 8.05. The van der Waals surface area contributed by atoms with E-state index in [2.05, 4.69) is 34.4 Å². The molecule has 1 fully saturated rings. The van der Waals surface area contributed by atoms with E-state index < -0.39 is 0 Å². The molecule has 1 aliphatic rings. The minimum absolute atomic E-state index is 0.151. The van der Waals surface area contributed by atoms with Crippen LogP contribution in [-0.2, 0) is 0 Å². The van der Waals surface area contributed by atoms with Gasteiger partial charge in [0.05, 0.1) is 12.1 Å². The Bertz CT molecular complexity index is 466. The Morgan fingerprint density at radius 3 is 2.81 bits per heavy atom. The van der Waals surface area contributed by atoms with Crippen molar-refractivity contribution in [3.05, 3.63) is 11.9 Å². The summed E-state index contributed by atoms with van der Waals surface area (Å²) < 4.78 is 0. The van der Waals surface area contributed by atoms with Crippen molar-refractivity contribution in [2.24, 2.45) is 5.92 Å². The second-order valence-corrected chi connectivity index (χ2v) is 6.39. The normalized spacial score (nSPS) is 25.6. The predicted octanol–water partition coefficient (Wildman–Crippen LogP) is 2.96. The lowest BCUT2D eigenvalue weighted by Crippen LogP contribution is -2.46. The molecule has 0 bridgehead atoms. The third-order valence-electron chi connectivity index (χ3n) is 4.40. The maximum absolute atomic E-state index is 9.90. The molecule has 1 aromatic rings. The Kier molecular flexibility index (Phi) is 5.39. The van der Waals surface area contributed by atoms with Crippen LogP contribution < -0.4 is 10.6 Å². The molecule has 118 valence electrons. The molecule has 1 aromatic heterocycles. The second kappa shape index (κ2) is 7.07. The van der Waals surface area contributed by atoms with Gasteiger partial charge in [-0.1, -0.05) is 26.7 Å². The van der Waals surface area contributed by atoms with Crippen LogP contribution in [0.4, 0.5) is 11.6 Å². The topological polar surface area (TPSA) is 70.1 Å². The summed E-state index contributed by atoms with van der Waals surface area (Å²) in [5, 5.41) is 16.7. The first-order valence-corrected chi connectivity index (χ1v) is 8.05. The maximum atomic E-state index is 9.90. The quantitative estimate of drug-likeness (QED) is 0.752. The molecule has 1 aliphatic carbocycles. The molecule has 5 nitrogen and oxygen atoms in total. The zero-order valence-electron chi connectivity index (χ0n) is 13.4. The van der Waals surface area contributed by atoms with Gasteiger partial charge in [0.15, 0.2) is 0 Å². The van der Waals surface area contributed by atoms with Crippen LogP contribution in [0, 0.1) is 12.8 Å². The van der Waals surface area contributed by atoms with Crippen LogP contribution >= 0.6 is 0 Å². The van der Waals surface area contributed by atoms with Gasteiger partial charge in [-0.2, -0.15) is 0 Å². The maximum Gasteiger partial charge on any atom is 0.134 e. The van der Waals surface area contributed by atoms with E-state index >= 15 is 0 Å². The minimum atomic E-state index is -0.237. The highest BCUT2D eigenvalue weighted by molar-refractivity contribution is 5.57. The van der Waals surface area contributed by atoms with Gasteiger partial charge in [-0.15, -0.1) is 0 Å². The number of nitrogens with zero attached hydrogens (tertiary/aromatic N) is 2. The summed E-state index contributed by atoms with van der Waals surface area (Å²) in [7, 11) is 0. The molecule has 0 radical (unpaired) electrons. The average Bonchev–Trinajstić information content (AvgIpc) is 2.48. The Morgan fingerprint density at radius 2 is 2.14 bits per heavy atom. The van der Waals surface area contributed by atoms with Crippen LogP contribution in [0.5, 0.6) is 0 Å². The molecule has 2 atom stereocenters. The molecule has 0 spiro atoms. The van der Waals surface area contributed by atoms with Crippen LogP contribution in [0.1, 0.15) is 51.5 Å². The Morgan fingerprint density at radius 1 is 1.38 bits per heavy atom. The number of hydrogen-bond donors (Lipinski definition) is 3. The van der Waals surface area contributed by atoms with Gasteiger partial charge >= 0.3 is 0 Å². The summed E-state index contributed by atoms with van der Waals surface area (Å²) in [5.41, 5.74) is 0.788. The summed E-state index contributed by atoms with van der Waals surface area (Å²) >= 11 is 0. The first-order chi connectivity index (χ1) is 10.1. The summed E-state index contributed by atoms with van der Waals surface area (Å²) in [6.45, 7) is 7.47. The number of aliphatic hydroxyl groups excluding tert-OH is 1. The van der Waals surface area contributed by atoms with Gasteiger partial charge in [-0.25, -0.2) is 9.97 Å². The first kappa shape index (κ1) is 16.0. The van der Waals surface area contributed by atoms with E-state index in [4.69, 9.17) is 0 Å². The van der Waals surface area contributed by atoms with Gasteiger partial charge in [0.1, 0.15) is 18.0 Å². The van der Waals surface area contributed by atoms with E-state index in [1.807, 2.05) is 6.92 Å². The average molecular weight is 292 g/mol. The lowest BCUT2D eigenvalue weighted by atomic mass is 9.77. The van der Waals surface area contributed by atoms with Gasteiger partial charge in [0, 0.05) is 12.1 Å². The van der Waals surface area contributed by atoms with Crippen LogP contribution in [0.3, 0.4) is 0 Å². The standard InChI is InChI=1S/C16H28N4O/c1-4-8-17-14-13(3)15(19-11-18-14)20-16(10-21)7-5-6-12(2)9-16/h11-12,21H,4-10H2,1-3H3,(H2,17,18,19,20). The Balaban J connectivity index is 2.17. The monoisotopic (exact) mass is 292 g/mol. The van der Waals surface area contributed by atoms with Gasteiger partial charge in [0.2, 0.25) is 0 Å². The van der Waals surface area contributed by atoms with Crippen molar-refractivity contribution in [3.63, 3.8) is 0 Å². The lowest BCUT2D eigenvalue weighted by molar-refractivity contribution is 0.149. The van der Waals surface area contributed by atoms with Crippen LogP contribution in [0.2, 0.25) is 0 Å². The molecule has 0 aliphatic heterocycles. The van der Waals surface area contributed by atoms with Crippen LogP contribution in [-0.4, -0.2) is 33.8 Å². The molecule has 5 heteroatoms. The van der Waals surface area contributed by atoms with Gasteiger partial charge in [0.25, 0.3) is 0 Å². The molecule has 21 heavy (non-hydrogen) atoms. The van der Waals surface area contributed by atoms with Crippen molar-refractivity contribution in [1.29, 1.82) is 0 Å². The highest BCUT2D eigenvalue weighted by Gasteiger charge is 2.35. The smallest absolute Gasteiger partial charge is 0.134 e. The Labute approximate surface area is 127 Å². The number of nitrogens with one attached hydrogen (secondary N) is 2. The van der Waals surface area contributed by atoms with E-state index in [0.29, 0.717) is 5.92 Å². The molecule has 1 saturated carbocycles. The van der Waals surface area contributed by atoms with Crippen molar-refractivity contribution in [1.82, 2.24) is 9.97 Å². The van der Waals surface area contributed by atoms with Crippen molar-refractivity contribution >= 4 is 11.6 Å². The molecule has 1 heterocycles. The fourth-order valence-corrected chi connectivity index (χ4v) is 3.21. The van der Waals surface area contributed by atoms with Gasteiger partial charge < -0.3 is 15.7 Å². The van der Waals surface area contributed by atoms with E-state index in [1.165, 1.54) is 6.42 Å². The van der Waals surface area contributed by atoms with E-state index in [-0.39, 0.29) is 12.1 Å². The number of anilines is 2. The van der Waals surface area contributed by atoms with Crippen molar-refractivity contribution in [3.8, 4) is 0 Å². The number of rotatable bonds is 6. The van der Waals surface area contributed by atoms with Crippen molar-refractivity contribution < 1.29 is 5.11 Å². The zero-order valence-corrected chi connectivity index (χ0v) is 13.4. The third kappa shape index (κ3) is 3.84. The molecule has 0 aromatic carbocycles. The fraction of sp³-hybridized carbons (Fsp3) is 0.750. The van der Waals surface area contributed by atoms with Crippen molar-refractivity contribution in [2.45, 2.75) is 58.4 Å². The zero-order chi connectivity index (χ0) is 15.3. The number of hydrogen-bond acceptors (Lipinski definition) is 5. The third-order valence-corrected chi connectivity index (χ3v) is 4.40. The molecular weight excluding hydrogens is 264 g/mol. The van der Waals surface area contributed by atoms with E-state index in [9.17, 15) is 5.11 Å². The fourth-order valence-electron chi connectivity index (χ4n) is 3.21. The molecule has 2 rings (SSSR count). The molecule has 3 N–H and O–H groups in total. The Hall–Kier alpha value is -1.36.